The van der Waals surface area contributed by atoms with Crippen LogP contribution in [-0.4, -0.2) is 35.5 Å². The monoisotopic (exact) mass is 383 g/mol. The number of hydrogen-bond acceptors (Lipinski definition) is 3. The summed E-state index contributed by atoms with van der Waals surface area (Å²) in [7, 11) is 0. The summed E-state index contributed by atoms with van der Waals surface area (Å²) in [5.41, 5.74) is 4.19. The zero-order valence-electron chi connectivity index (χ0n) is 17.9. The zero-order valence-corrected chi connectivity index (χ0v) is 17.9. The molecule has 1 saturated carbocycles. The number of carbonyl (C=O) groups excluding carboxylic acids is 3. The summed E-state index contributed by atoms with van der Waals surface area (Å²) in [5, 5.41) is 0. The Hall–Kier alpha value is -1.97. The van der Waals surface area contributed by atoms with Crippen LogP contribution in [0, 0.1) is 38.5 Å². The van der Waals surface area contributed by atoms with Crippen molar-refractivity contribution in [1.29, 1.82) is 0 Å². The number of benzene rings is 1. The number of aryl methyl sites for hydroxylation is 3. The summed E-state index contributed by atoms with van der Waals surface area (Å²) in [5.74, 6) is 0.140. The highest BCUT2D eigenvalue weighted by molar-refractivity contribution is 6.15. The lowest BCUT2D eigenvalue weighted by molar-refractivity contribution is -0.136. The van der Waals surface area contributed by atoms with E-state index in [1.54, 1.807) is 0 Å². The molecule has 2 unspecified atom stereocenters. The Morgan fingerprint density at radius 1 is 1.07 bits per heavy atom. The van der Waals surface area contributed by atoms with E-state index in [1.165, 1.54) is 0 Å². The van der Waals surface area contributed by atoms with Crippen LogP contribution < -0.4 is 0 Å². The van der Waals surface area contributed by atoms with Gasteiger partial charge in [-0.05, 0) is 62.6 Å². The highest BCUT2D eigenvalue weighted by Gasteiger charge is 2.44. The van der Waals surface area contributed by atoms with Gasteiger partial charge in [-0.15, -0.1) is 0 Å². The van der Waals surface area contributed by atoms with Gasteiger partial charge < -0.3 is 4.90 Å². The lowest BCUT2D eigenvalue weighted by Crippen LogP contribution is -2.41. The maximum absolute atomic E-state index is 13.2. The number of rotatable bonds is 4. The lowest BCUT2D eigenvalue weighted by Gasteiger charge is -2.34. The number of likely N-dealkylation sites (tertiary alicyclic amines) is 1. The molecule has 0 bridgehead atoms. The number of amides is 1. The Morgan fingerprint density at radius 2 is 1.64 bits per heavy atom. The van der Waals surface area contributed by atoms with Crippen LogP contribution in [0.3, 0.4) is 0 Å². The van der Waals surface area contributed by atoms with Gasteiger partial charge in [0.2, 0.25) is 5.91 Å². The molecule has 0 radical (unpaired) electrons. The van der Waals surface area contributed by atoms with Gasteiger partial charge in [-0.25, -0.2) is 0 Å². The largest absolute Gasteiger partial charge is 0.342 e. The molecule has 4 heteroatoms. The number of piperidine rings is 1. The fourth-order valence-corrected chi connectivity index (χ4v) is 5.16. The van der Waals surface area contributed by atoms with E-state index >= 15 is 0 Å². The van der Waals surface area contributed by atoms with Crippen molar-refractivity contribution in [3.05, 3.63) is 34.4 Å². The van der Waals surface area contributed by atoms with Crippen molar-refractivity contribution in [2.24, 2.45) is 17.8 Å². The van der Waals surface area contributed by atoms with Crippen molar-refractivity contribution in [2.75, 3.05) is 13.1 Å². The molecule has 0 aromatic heterocycles. The molecule has 2 aliphatic rings. The van der Waals surface area contributed by atoms with Crippen LogP contribution in [0.15, 0.2) is 12.1 Å². The van der Waals surface area contributed by atoms with E-state index in [9.17, 15) is 14.4 Å². The summed E-state index contributed by atoms with van der Waals surface area (Å²) in [6.07, 6.45) is 3.03. The molecule has 1 aliphatic carbocycles. The third-order valence-corrected chi connectivity index (χ3v) is 6.52. The topological polar surface area (TPSA) is 54.5 Å². The Morgan fingerprint density at radius 3 is 2.18 bits per heavy atom. The SMILES string of the molecule is Cc1cc(C)c(C2C(=O)CC(CC3CCN(C(=O)C(C)C)CC3)C2=O)c(C)c1. The van der Waals surface area contributed by atoms with E-state index in [4.69, 9.17) is 0 Å². The molecule has 1 saturated heterocycles. The van der Waals surface area contributed by atoms with Crippen molar-refractivity contribution in [1.82, 2.24) is 4.90 Å². The first kappa shape index (κ1) is 20.8. The first-order valence-corrected chi connectivity index (χ1v) is 10.6. The van der Waals surface area contributed by atoms with Crippen LogP contribution in [0.4, 0.5) is 0 Å². The predicted molar refractivity (Wildman–Crippen MR) is 110 cm³/mol. The third kappa shape index (κ3) is 4.06. The fraction of sp³-hybridized carbons (Fsp3) is 0.625. The van der Waals surface area contributed by atoms with Gasteiger partial charge in [-0.2, -0.15) is 0 Å². The zero-order chi connectivity index (χ0) is 20.6. The number of hydrogen-bond donors (Lipinski definition) is 0. The smallest absolute Gasteiger partial charge is 0.225 e. The van der Waals surface area contributed by atoms with Gasteiger partial charge in [0.25, 0.3) is 0 Å². The molecule has 3 rings (SSSR count). The number of nitrogens with zero attached hydrogens (tertiary/aromatic N) is 1. The molecule has 2 fully saturated rings. The number of Topliss-reactive ketones (excluding diaryl/α,β-unsaturated/α-hetero) is 2. The second-order valence-electron chi connectivity index (χ2n) is 9.17. The summed E-state index contributed by atoms with van der Waals surface area (Å²) in [4.78, 5) is 40.0. The van der Waals surface area contributed by atoms with Gasteiger partial charge in [-0.1, -0.05) is 31.5 Å². The van der Waals surface area contributed by atoms with Gasteiger partial charge in [0.05, 0.1) is 0 Å². The first-order chi connectivity index (χ1) is 13.2. The molecule has 2 atom stereocenters. The Bertz CT molecular complexity index is 764. The molecule has 152 valence electrons. The average molecular weight is 384 g/mol. The fourth-order valence-electron chi connectivity index (χ4n) is 5.16. The summed E-state index contributed by atoms with van der Waals surface area (Å²) in [6, 6.07) is 4.13. The van der Waals surface area contributed by atoms with Crippen LogP contribution in [0.25, 0.3) is 0 Å². The van der Waals surface area contributed by atoms with Crippen molar-refractivity contribution in [3.63, 3.8) is 0 Å². The minimum Gasteiger partial charge on any atom is -0.342 e. The minimum atomic E-state index is -0.576. The molecular weight excluding hydrogens is 350 g/mol. The normalized spacial score (nSPS) is 23.7. The van der Waals surface area contributed by atoms with Crippen LogP contribution in [0.5, 0.6) is 0 Å². The maximum atomic E-state index is 13.2. The summed E-state index contributed by atoms with van der Waals surface area (Å²) in [6.45, 7) is 11.5. The number of ketones is 2. The number of carbonyl (C=O) groups is 3. The Labute approximate surface area is 168 Å². The van der Waals surface area contributed by atoms with Gasteiger partial charge in [0.15, 0.2) is 5.78 Å². The van der Waals surface area contributed by atoms with Gasteiger partial charge in [-0.3, -0.25) is 14.4 Å². The lowest BCUT2D eigenvalue weighted by atomic mass is 9.83. The van der Waals surface area contributed by atoms with Crippen LogP contribution >= 0.6 is 0 Å². The molecule has 1 aliphatic heterocycles. The van der Waals surface area contributed by atoms with Gasteiger partial charge in [0.1, 0.15) is 11.7 Å². The van der Waals surface area contributed by atoms with E-state index in [1.807, 2.05) is 39.5 Å². The standard InChI is InChI=1S/C24H33NO3/c1-14(2)24(28)25-8-6-18(7-9-25)12-19-13-20(26)22(23(19)27)21-16(4)10-15(3)11-17(21)5/h10-11,14,18-19,22H,6-9,12-13H2,1-5H3. The summed E-state index contributed by atoms with van der Waals surface area (Å²) >= 11 is 0. The van der Waals surface area contributed by atoms with Crippen LogP contribution in [0.2, 0.25) is 0 Å². The third-order valence-electron chi connectivity index (χ3n) is 6.52. The predicted octanol–water partition coefficient (Wildman–Crippen LogP) is 4.14. The Kier molecular flexibility index (Phi) is 6.07. The molecular formula is C24H33NO3. The van der Waals surface area contributed by atoms with E-state index in [-0.39, 0.29) is 29.3 Å². The van der Waals surface area contributed by atoms with Crippen molar-refractivity contribution in [2.45, 2.75) is 66.2 Å². The quantitative estimate of drug-likeness (QED) is 0.734. The van der Waals surface area contributed by atoms with E-state index < -0.39 is 5.92 Å². The van der Waals surface area contributed by atoms with Gasteiger partial charge in [0, 0.05) is 31.3 Å². The minimum absolute atomic E-state index is 0.0346. The van der Waals surface area contributed by atoms with Crippen LogP contribution in [-0.2, 0) is 14.4 Å². The van der Waals surface area contributed by atoms with E-state index in [0.717, 1.165) is 54.6 Å². The highest BCUT2D eigenvalue weighted by atomic mass is 16.2. The highest BCUT2D eigenvalue weighted by Crippen LogP contribution is 2.39. The molecule has 1 amide bonds. The molecule has 1 aromatic carbocycles. The average Bonchev–Trinajstić information content (AvgIpc) is 2.88. The van der Waals surface area contributed by atoms with Crippen LogP contribution in [0.1, 0.15) is 67.7 Å². The molecule has 0 N–H and O–H groups in total. The van der Waals surface area contributed by atoms with Gasteiger partial charge >= 0.3 is 0 Å². The maximum Gasteiger partial charge on any atom is 0.225 e. The van der Waals surface area contributed by atoms with Crippen molar-refractivity contribution >= 4 is 17.5 Å². The Balaban J connectivity index is 1.66. The van der Waals surface area contributed by atoms with E-state index in [2.05, 4.69) is 12.1 Å². The van der Waals surface area contributed by atoms with E-state index in [0.29, 0.717) is 12.3 Å². The summed E-state index contributed by atoms with van der Waals surface area (Å²) < 4.78 is 0. The molecule has 28 heavy (non-hydrogen) atoms. The molecule has 1 aromatic rings. The van der Waals surface area contributed by atoms with Crippen molar-refractivity contribution < 1.29 is 14.4 Å². The molecule has 0 spiro atoms. The molecule has 4 nitrogen and oxygen atoms in total. The first-order valence-electron chi connectivity index (χ1n) is 10.6. The molecule has 1 heterocycles. The second kappa shape index (κ2) is 8.18. The van der Waals surface area contributed by atoms with Crippen molar-refractivity contribution in [3.8, 4) is 0 Å². The second-order valence-corrected chi connectivity index (χ2v) is 9.17.